The Balaban J connectivity index is 1.83. The highest BCUT2D eigenvalue weighted by Gasteiger charge is 2.06. The van der Waals surface area contributed by atoms with Crippen molar-refractivity contribution < 1.29 is 0 Å². The van der Waals surface area contributed by atoms with Crippen molar-refractivity contribution in [3.63, 3.8) is 0 Å². The van der Waals surface area contributed by atoms with Gasteiger partial charge in [0.15, 0.2) is 0 Å². The van der Waals surface area contributed by atoms with Crippen molar-refractivity contribution in [2.45, 2.75) is 20.3 Å². The fraction of sp³-hybridized carbons (Fsp3) is 0.375. The van der Waals surface area contributed by atoms with E-state index >= 15 is 0 Å². The summed E-state index contributed by atoms with van der Waals surface area (Å²) in [6.07, 6.45) is 1.02. The molecule has 0 bridgehead atoms. The highest BCUT2D eigenvalue weighted by Crippen LogP contribution is 2.19. The molecule has 112 valence electrons. The van der Waals surface area contributed by atoms with Gasteiger partial charge in [0.05, 0.1) is 0 Å². The number of halogens is 1. The van der Waals surface area contributed by atoms with E-state index in [0.717, 1.165) is 30.9 Å². The number of nitrogens with zero attached hydrogens (tertiary/aromatic N) is 3. The number of benzene rings is 1. The van der Waals surface area contributed by atoms with Gasteiger partial charge in [-0.05, 0) is 32.4 Å². The molecule has 0 atom stereocenters. The van der Waals surface area contributed by atoms with Crippen molar-refractivity contribution in [2.75, 3.05) is 30.4 Å². The summed E-state index contributed by atoms with van der Waals surface area (Å²) in [6.45, 7) is 5.61. The monoisotopic (exact) mass is 304 g/mol. The molecule has 0 amide bonds. The Morgan fingerprint density at radius 1 is 1.14 bits per heavy atom. The van der Waals surface area contributed by atoms with Gasteiger partial charge >= 0.3 is 0 Å². The first-order valence-corrected chi connectivity index (χ1v) is 7.46. The Hall–Kier alpha value is -1.81. The lowest BCUT2D eigenvalue weighted by Gasteiger charge is -2.19. The smallest absolute Gasteiger partial charge is 0.137 e. The second-order valence-electron chi connectivity index (χ2n) is 5.07. The van der Waals surface area contributed by atoms with Crippen LogP contribution in [0.2, 0.25) is 5.15 Å². The molecule has 0 saturated carbocycles. The molecule has 0 aliphatic rings. The number of para-hydroxylation sites is 1. The maximum atomic E-state index is 6.06. The molecule has 0 saturated heterocycles. The Kier molecular flexibility index (Phi) is 5.39. The van der Waals surface area contributed by atoms with Gasteiger partial charge in [-0.3, -0.25) is 0 Å². The van der Waals surface area contributed by atoms with Crippen LogP contribution in [0.3, 0.4) is 0 Å². The Morgan fingerprint density at radius 3 is 2.57 bits per heavy atom. The van der Waals surface area contributed by atoms with Crippen LogP contribution in [0.5, 0.6) is 0 Å². The van der Waals surface area contributed by atoms with Crippen molar-refractivity contribution in [2.24, 2.45) is 0 Å². The third kappa shape index (κ3) is 4.33. The molecule has 0 spiro atoms. The Labute approximate surface area is 131 Å². The van der Waals surface area contributed by atoms with Crippen LogP contribution in [0, 0.1) is 13.8 Å². The standard InChI is InChI=1S/C16H21ClN4/c1-12-15(17)19-13(2)20-16(12)18-10-7-11-21(3)14-8-5-4-6-9-14/h4-6,8-9H,7,10-11H2,1-3H3,(H,18,19,20). The van der Waals surface area contributed by atoms with E-state index in [-0.39, 0.29) is 0 Å². The molecule has 1 heterocycles. The molecule has 2 rings (SSSR count). The van der Waals surface area contributed by atoms with Gasteiger partial charge in [-0.25, -0.2) is 9.97 Å². The zero-order chi connectivity index (χ0) is 15.2. The number of aromatic nitrogens is 2. The molecular formula is C16H21ClN4. The zero-order valence-corrected chi connectivity index (χ0v) is 13.5. The van der Waals surface area contributed by atoms with E-state index < -0.39 is 0 Å². The summed E-state index contributed by atoms with van der Waals surface area (Å²) in [6, 6.07) is 10.4. The van der Waals surface area contributed by atoms with Crippen molar-refractivity contribution in [1.29, 1.82) is 0 Å². The minimum Gasteiger partial charge on any atom is -0.375 e. The quantitative estimate of drug-likeness (QED) is 0.653. The second-order valence-corrected chi connectivity index (χ2v) is 5.43. The highest BCUT2D eigenvalue weighted by molar-refractivity contribution is 6.30. The van der Waals surface area contributed by atoms with Gasteiger partial charge in [-0.15, -0.1) is 0 Å². The van der Waals surface area contributed by atoms with Gasteiger partial charge in [0, 0.05) is 31.4 Å². The fourth-order valence-electron chi connectivity index (χ4n) is 2.10. The Bertz CT molecular complexity index is 586. The number of nitrogens with one attached hydrogen (secondary N) is 1. The first-order chi connectivity index (χ1) is 10.1. The van der Waals surface area contributed by atoms with E-state index in [2.05, 4.69) is 51.5 Å². The molecule has 4 nitrogen and oxygen atoms in total. The summed E-state index contributed by atoms with van der Waals surface area (Å²) in [4.78, 5) is 10.8. The van der Waals surface area contributed by atoms with Crippen LogP contribution in [0.15, 0.2) is 30.3 Å². The third-order valence-electron chi connectivity index (χ3n) is 3.36. The summed E-state index contributed by atoms with van der Waals surface area (Å²) in [5.74, 6) is 1.52. The topological polar surface area (TPSA) is 41.1 Å². The van der Waals surface area contributed by atoms with E-state index in [1.807, 2.05) is 19.9 Å². The van der Waals surface area contributed by atoms with Crippen molar-refractivity contribution >= 4 is 23.1 Å². The van der Waals surface area contributed by atoms with Crippen molar-refractivity contribution in [3.05, 3.63) is 46.9 Å². The van der Waals surface area contributed by atoms with Crippen LogP contribution in [-0.4, -0.2) is 30.1 Å². The number of anilines is 2. The maximum Gasteiger partial charge on any atom is 0.137 e. The first kappa shape index (κ1) is 15.6. The number of rotatable bonds is 6. The van der Waals surface area contributed by atoms with E-state index in [1.54, 1.807) is 0 Å². The predicted molar refractivity (Wildman–Crippen MR) is 89.3 cm³/mol. The summed E-state index contributed by atoms with van der Waals surface area (Å²) < 4.78 is 0. The van der Waals surface area contributed by atoms with E-state index in [0.29, 0.717) is 11.0 Å². The maximum absolute atomic E-state index is 6.06. The molecule has 2 aromatic rings. The molecular weight excluding hydrogens is 284 g/mol. The van der Waals surface area contributed by atoms with Gasteiger partial charge < -0.3 is 10.2 Å². The molecule has 1 aromatic carbocycles. The molecule has 1 aromatic heterocycles. The average Bonchev–Trinajstić information content (AvgIpc) is 2.49. The van der Waals surface area contributed by atoms with Gasteiger partial charge in [-0.1, -0.05) is 29.8 Å². The minimum atomic E-state index is 0.520. The van der Waals surface area contributed by atoms with Crippen LogP contribution in [0.1, 0.15) is 17.8 Å². The van der Waals surface area contributed by atoms with Crippen LogP contribution >= 0.6 is 11.6 Å². The van der Waals surface area contributed by atoms with Gasteiger partial charge in [0.2, 0.25) is 0 Å². The highest BCUT2D eigenvalue weighted by atomic mass is 35.5. The van der Waals surface area contributed by atoms with E-state index in [9.17, 15) is 0 Å². The predicted octanol–water partition coefficient (Wildman–Crippen LogP) is 3.69. The Morgan fingerprint density at radius 2 is 1.86 bits per heavy atom. The lowest BCUT2D eigenvalue weighted by molar-refractivity contribution is 0.812. The van der Waals surface area contributed by atoms with Gasteiger partial charge in [0.25, 0.3) is 0 Å². The van der Waals surface area contributed by atoms with Crippen molar-refractivity contribution in [1.82, 2.24) is 9.97 Å². The molecule has 0 radical (unpaired) electrons. The largest absolute Gasteiger partial charge is 0.375 e. The summed E-state index contributed by atoms with van der Waals surface area (Å²) in [5, 5.41) is 3.86. The normalized spacial score (nSPS) is 10.5. The molecule has 0 fully saturated rings. The van der Waals surface area contributed by atoms with Crippen LogP contribution in [0.4, 0.5) is 11.5 Å². The lowest BCUT2D eigenvalue weighted by Crippen LogP contribution is -2.21. The van der Waals surface area contributed by atoms with E-state index in [4.69, 9.17) is 11.6 Å². The number of aryl methyl sites for hydroxylation is 1. The van der Waals surface area contributed by atoms with Gasteiger partial charge in [0.1, 0.15) is 16.8 Å². The SMILES string of the molecule is Cc1nc(Cl)c(C)c(NCCCN(C)c2ccccc2)n1. The third-order valence-corrected chi connectivity index (χ3v) is 3.73. The fourth-order valence-corrected chi connectivity index (χ4v) is 2.31. The van der Waals surface area contributed by atoms with E-state index in [1.165, 1.54) is 5.69 Å². The average molecular weight is 305 g/mol. The van der Waals surface area contributed by atoms with Crippen molar-refractivity contribution in [3.8, 4) is 0 Å². The zero-order valence-electron chi connectivity index (χ0n) is 12.7. The molecule has 5 heteroatoms. The molecule has 0 aliphatic carbocycles. The second kappa shape index (κ2) is 7.27. The lowest BCUT2D eigenvalue weighted by atomic mass is 10.3. The summed E-state index contributed by atoms with van der Waals surface area (Å²) >= 11 is 6.06. The van der Waals surface area contributed by atoms with Crippen LogP contribution < -0.4 is 10.2 Å². The summed E-state index contributed by atoms with van der Waals surface area (Å²) in [7, 11) is 2.10. The molecule has 21 heavy (non-hydrogen) atoms. The van der Waals surface area contributed by atoms with Gasteiger partial charge in [-0.2, -0.15) is 0 Å². The molecule has 1 N–H and O–H groups in total. The number of hydrogen-bond acceptors (Lipinski definition) is 4. The number of hydrogen-bond donors (Lipinski definition) is 1. The minimum absolute atomic E-state index is 0.520. The van der Waals surface area contributed by atoms with Crippen LogP contribution in [0.25, 0.3) is 0 Å². The first-order valence-electron chi connectivity index (χ1n) is 7.08. The molecule has 0 unspecified atom stereocenters. The van der Waals surface area contributed by atoms with Crippen LogP contribution in [-0.2, 0) is 0 Å². The molecule has 0 aliphatic heterocycles. The summed E-state index contributed by atoms with van der Waals surface area (Å²) in [5.41, 5.74) is 2.13.